The number of hydrogen-bond acceptors (Lipinski definition) is 3. The van der Waals surface area contributed by atoms with E-state index in [0.717, 1.165) is 4.47 Å². The molecule has 1 atom stereocenters. The second-order valence-electron chi connectivity index (χ2n) is 3.83. The first-order chi connectivity index (χ1) is 8.35. The van der Waals surface area contributed by atoms with E-state index in [1.165, 1.54) is 0 Å². The number of amides is 1. The highest BCUT2D eigenvalue weighted by molar-refractivity contribution is 9.10. The van der Waals surface area contributed by atoms with Crippen LogP contribution in [0.2, 0.25) is 0 Å². The Bertz CT molecular complexity index is 531. The molecule has 0 saturated carbocycles. The average molecular weight is 335 g/mol. The molecule has 1 aromatic carbocycles. The summed E-state index contributed by atoms with van der Waals surface area (Å²) >= 11 is 3.26. The van der Waals surface area contributed by atoms with E-state index in [0.29, 0.717) is 12.0 Å². The topological polar surface area (TPSA) is 89.3 Å². The van der Waals surface area contributed by atoms with Crippen LogP contribution < -0.4 is 10.5 Å². The first-order valence-corrected chi connectivity index (χ1v) is 7.85. The summed E-state index contributed by atoms with van der Waals surface area (Å²) in [6.45, 7) is 1.75. The van der Waals surface area contributed by atoms with Gasteiger partial charge in [0, 0.05) is 4.47 Å². The lowest BCUT2D eigenvalue weighted by molar-refractivity contribution is -0.119. The number of benzene rings is 1. The molecule has 0 aliphatic rings. The molecule has 5 nitrogen and oxygen atoms in total. The summed E-state index contributed by atoms with van der Waals surface area (Å²) in [6.07, 6.45) is 0.472. The van der Waals surface area contributed by atoms with Crippen molar-refractivity contribution >= 4 is 31.9 Å². The quantitative estimate of drug-likeness (QED) is 0.821. The number of nitrogens with two attached hydrogens (primary N) is 1. The van der Waals surface area contributed by atoms with E-state index < -0.39 is 22.0 Å². The van der Waals surface area contributed by atoms with Gasteiger partial charge in [-0.2, -0.15) is 4.72 Å². The summed E-state index contributed by atoms with van der Waals surface area (Å²) in [7, 11) is -3.50. The third kappa shape index (κ3) is 4.40. The van der Waals surface area contributed by atoms with Crippen molar-refractivity contribution in [3.05, 3.63) is 34.3 Å². The Morgan fingerprint density at radius 3 is 2.67 bits per heavy atom. The summed E-state index contributed by atoms with van der Waals surface area (Å²) in [6, 6.07) is 5.75. The summed E-state index contributed by atoms with van der Waals surface area (Å²) < 4.78 is 26.4. The molecule has 0 fully saturated rings. The molecule has 100 valence electrons. The minimum absolute atomic E-state index is 0.0369. The maximum absolute atomic E-state index is 11.7. The lowest BCUT2D eigenvalue weighted by Gasteiger charge is -2.16. The Hall–Kier alpha value is -0.920. The van der Waals surface area contributed by atoms with E-state index in [-0.39, 0.29) is 5.75 Å². The van der Waals surface area contributed by atoms with Gasteiger partial charge in [-0.3, -0.25) is 4.79 Å². The van der Waals surface area contributed by atoms with Crippen molar-refractivity contribution in [1.29, 1.82) is 0 Å². The van der Waals surface area contributed by atoms with Crippen LogP contribution in [0.1, 0.15) is 24.9 Å². The molecule has 0 spiro atoms. The molecular weight excluding hydrogens is 320 g/mol. The van der Waals surface area contributed by atoms with E-state index in [2.05, 4.69) is 20.7 Å². The SMILES string of the molecule is CCCS(=O)(=O)N[C@H](C(N)=O)c1cccc(Br)c1. The Balaban J connectivity index is 3.01. The van der Waals surface area contributed by atoms with Gasteiger partial charge in [0.05, 0.1) is 5.75 Å². The summed E-state index contributed by atoms with van der Waals surface area (Å²) in [5, 5.41) is 0. The fraction of sp³-hybridized carbons (Fsp3) is 0.364. The molecule has 0 heterocycles. The maximum Gasteiger partial charge on any atom is 0.240 e. The average Bonchev–Trinajstić information content (AvgIpc) is 2.25. The molecule has 18 heavy (non-hydrogen) atoms. The van der Waals surface area contributed by atoms with Gasteiger partial charge in [-0.15, -0.1) is 0 Å². The molecule has 0 saturated heterocycles. The third-order valence-electron chi connectivity index (χ3n) is 2.24. The molecule has 0 aliphatic carbocycles. The van der Waals surface area contributed by atoms with Gasteiger partial charge in [0.2, 0.25) is 15.9 Å². The number of hydrogen-bond donors (Lipinski definition) is 2. The molecule has 0 unspecified atom stereocenters. The number of nitrogens with one attached hydrogen (secondary N) is 1. The first-order valence-electron chi connectivity index (χ1n) is 5.40. The largest absolute Gasteiger partial charge is 0.368 e. The van der Waals surface area contributed by atoms with Crippen LogP contribution in [0, 0.1) is 0 Å². The molecule has 7 heteroatoms. The van der Waals surface area contributed by atoms with E-state index in [4.69, 9.17) is 5.73 Å². The third-order valence-corrected chi connectivity index (χ3v) is 4.27. The van der Waals surface area contributed by atoms with Crippen molar-refractivity contribution in [2.45, 2.75) is 19.4 Å². The van der Waals surface area contributed by atoms with Gasteiger partial charge in [0.15, 0.2) is 0 Å². The standard InChI is InChI=1S/C11H15BrN2O3S/c1-2-6-18(16,17)14-10(11(13)15)8-4-3-5-9(12)7-8/h3-5,7,10,14H,2,6H2,1H3,(H2,13,15)/t10-/m0/s1. The van der Waals surface area contributed by atoms with Gasteiger partial charge >= 0.3 is 0 Å². The lowest BCUT2D eigenvalue weighted by atomic mass is 10.1. The van der Waals surface area contributed by atoms with Crippen molar-refractivity contribution in [2.75, 3.05) is 5.75 Å². The molecule has 1 rings (SSSR count). The number of carbonyl (C=O) groups is 1. The van der Waals surface area contributed by atoms with Gasteiger partial charge < -0.3 is 5.73 Å². The van der Waals surface area contributed by atoms with Crippen molar-refractivity contribution in [3.8, 4) is 0 Å². The van der Waals surface area contributed by atoms with Crippen molar-refractivity contribution in [1.82, 2.24) is 4.72 Å². The van der Waals surface area contributed by atoms with Crippen LogP contribution in [0.5, 0.6) is 0 Å². The first kappa shape index (κ1) is 15.1. The molecule has 0 bridgehead atoms. The minimum atomic E-state index is -3.50. The highest BCUT2D eigenvalue weighted by atomic mass is 79.9. The van der Waals surface area contributed by atoms with Gasteiger partial charge in [-0.05, 0) is 24.1 Å². The van der Waals surface area contributed by atoms with Gasteiger partial charge in [-0.1, -0.05) is 35.0 Å². The van der Waals surface area contributed by atoms with Crippen LogP contribution in [0.4, 0.5) is 0 Å². The molecule has 1 amide bonds. The number of halogens is 1. The number of sulfonamides is 1. The van der Waals surface area contributed by atoms with Crippen LogP contribution in [0.3, 0.4) is 0 Å². The zero-order chi connectivity index (χ0) is 13.8. The zero-order valence-electron chi connectivity index (χ0n) is 9.89. The predicted molar refractivity (Wildman–Crippen MR) is 73.3 cm³/mol. The minimum Gasteiger partial charge on any atom is -0.368 e. The maximum atomic E-state index is 11.7. The number of primary amides is 1. The Morgan fingerprint density at radius 1 is 1.50 bits per heavy atom. The number of carbonyl (C=O) groups excluding carboxylic acids is 1. The second-order valence-corrected chi connectivity index (χ2v) is 6.62. The Labute approximate surface area is 115 Å². The van der Waals surface area contributed by atoms with E-state index >= 15 is 0 Å². The number of rotatable bonds is 6. The molecule has 3 N–H and O–H groups in total. The lowest BCUT2D eigenvalue weighted by Crippen LogP contribution is -2.38. The highest BCUT2D eigenvalue weighted by Crippen LogP contribution is 2.19. The summed E-state index contributed by atoms with van der Waals surface area (Å²) in [4.78, 5) is 11.4. The molecule has 1 aromatic rings. The fourth-order valence-corrected chi connectivity index (χ4v) is 3.17. The van der Waals surface area contributed by atoms with Crippen LogP contribution in [-0.4, -0.2) is 20.1 Å². The van der Waals surface area contributed by atoms with Crippen LogP contribution in [0.25, 0.3) is 0 Å². The van der Waals surface area contributed by atoms with Crippen LogP contribution >= 0.6 is 15.9 Å². The Kier molecular flexibility index (Phi) is 5.30. The second kappa shape index (κ2) is 6.31. The van der Waals surface area contributed by atoms with Gasteiger partial charge in [0.25, 0.3) is 0 Å². The monoisotopic (exact) mass is 334 g/mol. The van der Waals surface area contributed by atoms with Gasteiger partial charge in [-0.25, -0.2) is 8.42 Å². The summed E-state index contributed by atoms with van der Waals surface area (Å²) in [5.41, 5.74) is 5.75. The van der Waals surface area contributed by atoms with Crippen molar-refractivity contribution in [2.24, 2.45) is 5.73 Å². The van der Waals surface area contributed by atoms with Crippen molar-refractivity contribution < 1.29 is 13.2 Å². The van der Waals surface area contributed by atoms with E-state index in [9.17, 15) is 13.2 Å². The smallest absolute Gasteiger partial charge is 0.240 e. The predicted octanol–water partition coefficient (Wildman–Crippen LogP) is 1.30. The summed E-state index contributed by atoms with van der Waals surface area (Å²) in [5.74, 6) is -0.766. The zero-order valence-corrected chi connectivity index (χ0v) is 12.3. The molecule has 0 aromatic heterocycles. The molecular formula is C11H15BrN2O3S. The fourth-order valence-electron chi connectivity index (χ4n) is 1.48. The molecule has 0 aliphatic heterocycles. The van der Waals surface area contributed by atoms with E-state index in [1.54, 1.807) is 31.2 Å². The van der Waals surface area contributed by atoms with Gasteiger partial charge in [0.1, 0.15) is 6.04 Å². The molecule has 0 radical (unpaired) electrons. The van der Waals surface area contributed by atoms with Crippen LogP contribution in [-0.2, 0) is 14.8 Å². The van der Waals surface area contributed by atoms with Crippen molar-refractivity contribution in [3.63, 3.8) is 0 Å². The Morgan fingerprint density at radius 2 is 2.17 bits per heavy atom. The van der Waals surface area contributed by atoms with E-state index in [1.807, 2.05) is 0 Å². The van der Waals surface area contributed by atoms with Crippen LogP contribution in [0.15, 0.2) is 28.7 Å². The normalized spacial score (nSPS) is 13.2. The highest BCUT2D eigenvalue weighted by Gasteiger charge is 2.23.